The molecule has 0 heterocycles. The van der Waals surface area contributed by atoms with E-state index in [-0.39, 0.29) is 28.3 Å². The van der Waals surface area contributed by atoms with E-state index in [1.54, 1.807) is 30.3 Å². The number of para-hydroxylation sites is 4. The molecule has 6 aromatic carbocycles. The highest BCUT2D eigenvalue weighted by Gasteiger charge is 2.42. The van der Waals surface area contributed by atoms with Crippen molar-refractivity contribution in [2.75, 3.05) is 18.9 Å². The van der Waals surface area contributed by atoms with E-state index in [2.05, 4.69) is 18.9 Å². The number of rotatable bonds is 13. The molecule has 0 aliphatic rings. The summed E-state index contributed by atoms with van der Waals surface area (Å²) < 4.78 is 126. The van der Waals surface area contributed by atoms with Crippen LogP contribution >= 0.6 is 0 Å². The molecule has 0 aromatic heterocycles. The van der Waals surface area contributed by atoms with Gasteiger partial charge in [0, 0.05) is 28.3 Å². The molecule has 0 saturated carbocycles. The topological polar surface area (TPSA) is 185 Å². The zero-order chi connectivity index (χ0) is 37.0. The second-order valence-corrected chi connectivity index (χ2v) is 17.7. The fourth-order valence-electron chi connectivity index (χ4n) is 5.25. The number of hydrogen-bond donors (Lipinski definition) is 4. The lowest BCUT2D eigenvalue weighted by molar-refractivity contribution is 0.571. The summed E-state index contributed by atoms with van der Waals surface area (Å²) in [6, 6.07) is 38.1. The van der Waals surface area contributed by atoms with Gasteiger partial charge in [-0.2, -0.15) is 0 Å². The van der Waals surface area contributed by atoms with E-state index in [9.17, 15) is 33.7 Å². The zero-order valence-electron chi connectivity index (χ0n) is 26.9. The molecule has 266 valence electrons. The largest absolute Gasteiger partial charge is 0.280 e. The maximum Gasteiger partial charge on any atom is 0.264 e. The Morgan fingerprint density at radius 1 is 0.308 bits per heavy atom. The maximum atomic E-state index is 14.8. The summed E-state index contributed by atoms with van der Waals surface area (Å²) >= 11 is 0. The fraction of sp³-hybridized carbons (Fsp3) is 0. The lowest BCUT2D eigenvalue weighted by Gasteiger charge is -2.24. The Bertz CT molecular complexity index is 2650. The molecule has 0 bridgehead atoms. The maximum absolute atomic E-state index is 14.8. The Morgan fingerprint density at radius 2 is 0.596 bits per heavy atom. The van der Waals surface area contributed by atoms with E-state index in [1.807, 2.05) is 0 Å². The van der Waals surface area contributed by atoms with E-state index >= 15 is 0 Å². The number of anilines is 4. The molecule has 0 saturated heterocycles. The summed E-state index contributed by atoms with van der Waals surface area (Å²) in [5.74, 6) is 0. The Balaban J connectivity index is 1.79. The monoisotopic (exact) mass is 774 g/mol. The molecule has 0 fully saturated rings. The van der Waals surface area contributed by atoms with E-state index < -0.39 is 65.2 Å². The van der Waals surface area contributed by atoms with Crippen LogP contribution in [0.1, 0.15) is 0 Å². The van der Waals surface area contributed by atoms with Crippen LogP contribution < -0.4 is 18.9 Å². The lowest BCUT2D eigenvalue weighted by atomic mass is 10.1. The highest BCUT2D eigenvalue weighted by Crippen LogP contribution is 2.43. The summed E-state index contributed by atoms with van der Waals surface area (Å²) in [5.41, 5.74) is -0.404. The van der Waals surface area contributed by atoms with E-state index in [0.717, 1.165) is 6.07 Å². The first-order valence-corrected chi connectivity index (χ1v) is 21.3. The average molecular weight is 775 g/mol. The van der Waals surface area contributed by atoms with Gasteiger partial charge in [0.15, 0.2) is 0 Å². The minimum absolute atomic E-state index is 0.0233. The molecule has 0 atom stereocenters. The molecule has 52 heavy (non-hydrogen) atoms. The Morgan fingerprint density at radius 3 is 0.962 bits per heavy atom. The van der Waals surface area contributed by atoms with Crippen LogP contribution in [0.25, 0.3) is 11.1 Å². The third-order valence-corrected chi connectivity index (χ3v) is 13.6. The quantitative estimate of drug-likeness (QED) is 0.102. The molecule has 16 heteroatoms. The lowest BCUT2D eigenvalue weighted by Crippen LogP contribution is -2.29. The Hall–Kier alpha value is -5.68. The zero-order valence-corrected chi connectivity index (χ0v) is 30.2. The molecular weight excluding hydrogens is 745 g/mol. The molecule has 0 amide bonds. The molecule has 4 N–H and O–H groups in total. The van der Waals surface area contributed by atoms with Crippen molar-refractivity contribution >= 4 is 62.8 Å². The molecule has 0 unspecified atom stereocenters. The molecule has 0 spiro atoms. The Labute approximate surface area is 302 Å². The predicted octanol–water partition coefficient (Wildman–Crippen LogP) is 6.56. The summed E-state index contributed by atoms with van der Waals surface area (Å²) in [4.78, 5) is -4.72. The molecule has 0 aliphatic carbocycles. The van der Waals surface area contributed by atoms with Crippen molar-refractivity contribution in [2.24, 2.45) is 0 Å². The van der Waals surface area contributed by atoms with Gasteiger partial charge in [-0.25, -0.2) is 33.7 Å². The van der Waals surface area contributed by atoms with Crippen molar-refractivity contribution in [1.29, 1.82) is 0 Å². The van der Waals surface area contributed by atoms with Crippen LogP contribution in [0, 0.1) is 0 Å². The van der Waals surface area contributed by atoms with Gasteiger partial charge in [-0.3, -0.25) is 18.9 Å². The first-order valence-electron chi connectivity index (χ1n) is 15.3. The van der Waals surface area contributed by atoms with Gasteiger partial charge in [-0.05, 0) is 60.2 Å². The SMILES string of the molecule is O=S(=O)(Nc1ccccc1)c1cc(-c2ccccc2)c(S(=O)(=O)Nc2ccccc2)c(S(=O)(=O)Nc2ccccc2)c1S(=O)(=O)Nc1ccccc1. The van der Waals surface area contributed by atoms with E-state index in [4.69, 9.17) is 0 Å². The first kappa shape index (κ1) is 36.1. The fourth-order valence-corrected chi connectivity index (χ4v) is 12.4. The van der Waals surface area contributed by atoms with Gasteiger partial charge in [0.25, 0.3) is 40.1 Å². The van der Waals surface area contributed by atoms with Crippen molar-refractivity contribution in [3.8, 4) is 11.1 Å². The van der Waals surface area contributed by atoms with Crippen molar-refractivity contribution in [3.05, 3.63) is 158 Å². The smallest absolute Gasteiger partial charge is 0.264 e. The third-order valence-electron chi connectivity index (χ3n) is 7.44. The van der Waals surface area contributed by atoms with Crippen molar-refractivity contribution < 1.29 is 33.7 Å². The summed E-state index contributed by atoms with van der Waals surface area (Å²) in [6.45, 7) is 0. The van der Waals surface area contributed by atoms with Gasteiger partial charge in [0.2, 0.25) is 0 Å². The molecule has 12 nitrogen and oxygen atoms in total. The van der Waals surface area contributed by atoms with Crippen molar-refractivity contribution in [3.63, 3.8) is 0 Å². The average Bonchev–Trinajstić information content (AvgIpc) is 3.12. The first-order chi connectivity index (χ1) is 24.8. The number of sulfonamides is 4. The standard InChI is InChI=1S/C36H30N4O8S4/c41-49(42,37-28-18-8-2-9-19-28)33-26-32(27-16-6-1-7-17-27)34(50(43,44)38-29-20-10-3-11-21-29)36(52(47,48)40-31-24-14-5-15-25-31)35(33)51(45,46)39-30-22-12-4-13-23-30/h1-26,37-40H. The third kappa shape index (κ3) is 7.94. The molecule has 6 rings (SSSR count). The summed E-state index contributed by atoms with van der Waals surface area (Å²) in [7, 11) is -20.6. The van der Waals surface area contributed by atoms with Crippen LogP contribution in [-0.4, -0.2) is 33.7 Å². The highest BCUT2D eigenvalue weighted by atomic mass is 32.2. The number of hydrogen-bond acceptors (Lipinski definition) is 8. The van der Waals surface area contributed by atoms with Crippen LogP contribution in [0.3, 0.4) is 0 Å². The minimum Gasteiger partial charge on any atom is -0.280 e. The van der Waals surface area contributed by atoms with Gasteiger partial charge < -0.3 is 0 Å². The normalized spacial score (nSPS) is 12.1. The van der Waals surface area contributed by atoms with Crippen LogP contribution in [0.5, 0.6) is 0 Å². The van der Waals surface area contributed by atoms with Crippen molar-refractivity contribution in [2.45, 2.75) is 19.6 Å². The number of nitrogens with one attached hydrogen (secondary N) is 4. The highest BCUT2D eigenvalue weighted by molar-refractivity contribution is 7.98. The second-order valence-electron chi connectivity index (χ2n) is 11.2. The van der Waals surface area contributed by atoms with Gasteiger partial charge in [-0.15, -0.1) is 0 Å². The van der Waals surface area contributed by atoms with Crippen LogP contribution in [0.4, 0.5) is 22.7 Å². The summed E-state index contributed by atoms with van der Waals surface area (Å²) in [5, 5.41) is 0. The second kappa shape index (κ2) is 14.5. The van der Waals surface area contributed by atoms with Gasteiger partial charge in [-0.1, -0.05) is 103 Å². The number of benzene rings is 6. The van der Waals surface area contributed by atoms with Crippen LogP contribution in [0.15, 0.2) is 177 Å². The summed E-state index contributed by atoms with van der Waals surface area (Å²) in [6.07, 6.45) is 0. The van der Waals surface area contributed by atoms with E-state index in [0.29, 0.717) is 0 Å². The predicted molar refractivity (Wildman–Crippen MR) is 201 cm³/mol. The molecular formula is C36H30N4O8S4. The van der Waals surface area contributed by atoms with Crippen LogP contribution in [-0.2, 0) is 40.1 Å². The molecule has 0 aliphatic heterocycles. The van der Waals surface area contributed by atoms with E-state index in [1.165, 1.54) is 121 Å². The van der Waals surface area contributed by atoms with Gasteiger partial charge in [0.05, 0.1) is 0 Å². The van der Waals surface area contributed by atoms with Gasteiger partial charge in [0.1, 0.15) is 19.6 Å². The van der Waals surface area contributed by atoms with Crippen LogP contribution in [0.2, 0.25) is 0 Å². The minimum atomic E-state index is -5.29. The molecule has 6 aromatic rings. The molecule has 0 radical (unpaired) electrons. The van der Waals surface area contributed by atoms with Crippen molar-refractivity contribution in [1.82, 2.24) is 0 Å². The Kier molecular flexibility index (Phi) is 10.1. The van der Waals surface area contributed by atoms with Gasteiger partial charge >= 0.3 is 0 Å².